The number of oxime groups is 1. The zero-order valence-electron chi connectivity index (χ0n) is 28.8. The van der Waals surface area contributed by atoms with Crippen LogP contribution in [-0.4, -0.2) is 123 Å². The predicted octanol–water partition coefficient (Wildman–Crippen LogP) is -0.465. The molecule has 2 fully saturated rings. The molecule has 0 bridgehead atoms. The quantitative estimate of drug-likeness (QED) is 0.0229. The molecular weight excluding hydrogens is 757 g/mol. The van der Waals surface area contributed by atoms with Crippen LogP contribution in [0, 0.1) is 5.92 Å². The molecule has 0 saturated carbocycles. The highest BCUT2D eigenvalue weighted by molar-refractivity contribution is 7.80. The molecule has 24 heteroatoms. The number of halogens is 3. The molecule has 53 heavy (non-hydrogen) atoms. The van der Waals surface area contributed by atoms with Crippen molar-refractivity contribution >= 4 is 62.8 Å². The summed E-state index contributed by atoms with van der Waals surface area (Å²) in [6.07, 6.45) is -2.55. The number of nitrogen functional groups attached to an aromatic ring is 1. The van der Waals surface area contributed by atoms with Crippen LogP contribution in [0.5, 0.6) is 5.75 Å². The van der Waals surface area contributed by atoms with Gasteiger partial charge in [0.2, 0.25) is 0 Å². The minimum Gasteiger partial charge on any atom is -0.493 e. The van der Waals surface area contributed by atoms with E-state index in [1.807, 2.05) is 31.5 Å². The molecule has 1 aromatic heterocycles. The number of aromatic nitrogens is 1. The predicted molar refractivity (Wildman–Crippen MR) is 184 cm³/mol. The Balaban J connectivity index is 0.000000772. The van der Waals surface area contributed by atoms with E-state index in [4.69, 9.17) is 29.8 Å². The Labute approximate surface area is 305 Å². The molecule has 0 spiro atoms. The topological polar surface area (TPSA) is 267 Å². The highest BCUT2D eigenvalue weighted by Gasteiger charge is 2.58. The van der Waals surface area contributed by atoms with E-state index in [1.165, 1.54) is 19.2 Å². The minimum atomic E-state index is -4.94. The molecule has 1 aromatic carbocycles. The second-order valence-electron chi connectivity index (χ2n) is 11.2. The van der Waals surface area contributed by atoms with Crippen LogP contribution in [0.2, 0.25) is 0 Å². The lowest BCUT2D eigenvalue weighted by Gasteiger charge is -2.50. The first kappa shape index (κ1) is 44.1. The van der Waals surface area contributed by atoms with E-state index in [9.17, 15) is 31.2 Å². The summed E-state index contributed by atoms with van der Waals surface area (Å²) < 4.78 is 78.6. The number of amides is 2. The van der Waals surface area contributed by atoms with Crippen molar-refractivity contribution in [2.24, 2.45) is 11.1 Å². The standard InChI is InChI=1S/C24H32N8O8S2.C4H5F3O.CH2O2/c1-24(2)20(22(34)32(24)40-42(35,36)37)30-21(33)19(18-13-41-23(25)29-18)31-39-7-6-38-16-4-5-17(15(8-16)12-26-3)28-11-14-9-27-10-14;1-3(8-2)4(5,6)7;2-1-3/h4-5,8,12-14,20,27-28H,6-7,9-11H2,1-3H3,(H2,25,29)(H,30,33)(H,35,36,37);1H2,2H3;1H,(H,2,3)/p+1/b26-12?,31-19-;;. The van der Waals surface area contributed by atoms with Gasteiger partial charge < -0.3 is 41.1 Å². The lowest BCUT2D eigenvalue weighted by molar-refractivity contribution is -0.413. The summed E-state index contributed by atoms with van der Waals surface area (Å²) in [5.74, 6) is -1.69. The Bertz CT molecular complexity index is 1750. The molecule has 19 nitrogen and oxygen atoms in total. The number of carbonyl (C=O) groups excluding carboxylic acids is 2. The number of methoxy groups -OCH3 is 1. The van der Waals surface area contributed by atoms with Crippen molar-refractivity contribution < 1.29 is 69.2 Å². The van der Waals surface area contributed by atoms with E-state index in [0.717, 1.165) is 49.3 Å². The van der Waals surface area contributed by atoms with Crippen LogP contribution in [0.3, 0.4) is 0 Å². The number of allylic oxidation sites excluding steroid dienone is 1. The summed E-state index contributed by atoms with van der Waals surface area (Å²) in [5.41, 5.74) is 6.15. The number of hydrogen-bond donors (Lipinski definition) is 7. The lowest BCUT2D eigenvalue weighted by atomic mass is 9.84. The first-order chi connectivity index (χ1) is 24.8. The molecule has 2 aliphatic heterocycles. The molecule has 1 unspecified atom stereocenters. The van der Waals surface area contributed by atoms with E-state index in [1.54, 1.807) is 0 Å². The molecule has 294 valence electrons. The van der Waals surface area contributed by atoms with Gasteiger partial charge in [-0.25, -0.2) is 4.98 Å². The fourth-order valence-corrected chi connectivity index (χ4v) is 5.26. The zero-order valence-corrected chi connectivity index (χ0v) is 30.4. The first-order valence-corrected chi connectivity index (χ1v) is 17.4. The van der Waals surface area contributed by atoms with Gasteiger partial charge in [-0.05, 0) is 32.0 Å². The van der Waals surface area contributed by atoms with Crippen LogP contribution in [0.15, 0.2) is 41.1 Å². The smallest absolute Gasteiger partial charge is 0.448 e. The van der Waals surface area contributed by atoms with Crippen LogP contribution in [-0.2, 0) is 38.6 Å². The van der Waals surface area contributed by atoms with Crippen LogP contribution in [0.1, 0.15) is 25.1 Å². The van der Waals surface area contributed by atoms with Gasteiger partial charge in [-0.3, -0.25) is 23.9 Å². The SMILES string of the molecule is C=C(OC)C(F)(F)F.C[NH+]=Cc1cc(OCCO/N=C(\C(=O)NC2C(=O)N(OS(=O)(=O)O)C2(C)C)c2csc(N)n2)ccc1NCC1CNC1.O=CO. The first-order valence-electron chi connectivity index (χ1n) is 15.1. The van der Waals surface area contributed by atoms with Crippen molar-refractivity contribution in [1.82, 2.24) is 20.7 Å². The summed E-state index contributed by atoms with van der Waals surface area (Å²) >= 11 is 1.07. The number of hydrogen-bond acceptors (Lipinski definition) is 15. The Morgan fingerprint density at radius 3 is 2.45 bits per heavy atom. The molecule has 1 atom stereocenters. The van der Waals surface area contributed by atoms with Crippen LogP contribution < -0.4 is 31.4 Å². The summed E-state index contributed by atoms with van der Waals surface area (Å²) in [7, 11) is -2.20. The van der Waals surface area contributed by atoms with Gasteiger partial charge in [0.15, 0.2) is 29.4 Å². The zero-order chi connectivity index (χ0) is 40.0. The maximum atomic E-state index is 13.1. The molecule has 2 saturated heterocycles. The number of nitrogens with zero attached hydrogens (tertiary/aromatic N) is 3. The highest BCUT2D eigenvalue weighted by Crippen LogP contribution is 2.33. The van der Waals surface area contributed by atoms with E-state index < -0.39 is 45.7 Å². The molecule has 0 aliphatic carbocycles. The number of carbonyl (C=O) groups is 3. The molecule has 2 aromatic rings. The van der Waals surface area contributed by atoms with E-state index in [2.05, 4.69) is 46.7 Å². The van der Waals surface area contributed by atoms with Gasteiger partial charge >= 0.3 is 16.6 Å². The average Bonchev–Trinajstić information content (AvgIpc) is 3.49. The van der Waals surface area contributed by atoms with Gasteiger partial charge in [0.25, 0.3) is 18.3 Å². The van der Waals surface area contributed by atoms with Gasteiger partial charge in [0.05, 0.1) is 18.2 Å². The monoisotopic (exact) mass is 797 g/mol. The average molecular weight is 798 g/mol. The highest BCUT2D eigenvalue weighted by atomic mass is 32.3. The third-order valence-electron chi connectivity index (χ3n) is 7.03. The number of carboxylic acid groups (broad SMARTS) is 1. The molecular formula is C29H40F3N8O11S2+. The Kier molecular flexibility index (Phi) is 16.4. The van der Waals surface area contributed by atoms with Gasteiger partial charge in [0, 0.05) is 36.6 Å². The van der Waals surface area contributed by atoms with E-state index >= 15 is 0 Å². The Morgan fingerprint density at radius 2 is 1.98 bits per heavy atom. The number of thiazole rings is 1. The number of nitrogens with two attached hydrogens (primary N) is 1. The number of nitrogens with one attached hydrogen (secondary N) is 4. The van der Waals surface area contributed by atoms with Gasteiger partial charge in [-0.15, -0.1) is 15.6 Å². The number of anilines is 2. The van der Waals surface area contributed by atoms with Crippen LogP contribution in [0.25, 0.3) is 0 Å². The Morgan fingerprint density at radius 1 is 1.32 bits per heavy atom. The number of benzene rings is 1. The van der Waals surface area contributed by atoms with Crippen molar-refractivity contribution in [3.63, 3.8) is 0 Å². The second-order valence-corrected chi connectivity index (χ2v) is 13.1. The fraction of sp³-hybridized carbons (Fsp3) is 0.448. The summed E-state index contributed by atoms with van der Waals surface area (Å²) in [4.78, 5) is 46.3. The maximum absolute atomic E-state index is 13.1. The Hall–Kier alpha value is -5.04. The van der Waals surface area contributed by atoms with E-state index in [0.29, 0.717) is 16.7 Å². The minimum absolute atomic E-state index is 0.0278. The fourth-order valence-electron chi connectivity index (χ4n) is 4.26. The number of rotatable bonds is 15. The van der Waals surface area contributed by atoms with Gasteiger partial charge in [-0.1, -0.05) is 11.7 Å². The van der Waals surface area contributed by atoms with E-state index in [-0.39, 0.29) is 36.2 Å². The third kappa shape index (κ3) is 13.5. The van der Waals surface area contributed by atoms with Crippen molar-refractivity contribution in [2.45, 2.75) is 31.6 Å². The van der Waals surface area contributed by atoms with Crippen LogP contribution in [0.4, 0.5) is 24.0 Å². The molecule has 3 heterocycles. The number of ether oxygens (including phenoxy) is 2. The number of alkyl halides is 3. The van der Waals surface area contributed by atoms with Crippen molar-refractivity contribution in [2.75, 3.05) is 58.1 Å². The second kappa shape index (κ2) is 19.7. The van der Waals surface area contributed by atoms with Crippen molar-refractivity contribution in [3.05, 3.63) is 47.2 Å². The van der Waals surface area contributed by atoms with Crippen molar-refractivity contribution in [1.29, 1.82) is 0 Å². The van der Waals surface area contributed by atoms with Crippen LogP contribution >= 0.6 is 11.3 Å². The summed E-state index contributed by atoms with van der Waals surface area (Å²) in [5, 5.41) is 22.1. The maximum Gasteiger partial charge on any atom is 0.448 e. The summed E-state index contributed by atoms with van der Waals surface area (Å²) in [6, 6.07) is 4.46. The lowest BCUT2D eigenvalue weighted by Crippen LogP contribution is -2.76. The van der Waals surface area contributed by atoms with Gasteiger partial charge in [0.1, 0.15) is 31.1 Å². The van der Waals surface area contributed by atoms with Crippen molar-refractivity contribution in [3.8, 4) is 5.75 Å². The normalized spacial score (nSPS) is 16.8. The molecule has 2 aliphatic rings. The molecule has 2 amide bonds. The number of β-lactam (4-membered cyclic amide) rings is 1. The van der Waals surface area contributed by atoms with Gasteiger partial charge in [-0.2, -0.15) is 26.7 Å². The molecule has 4 rings (SSSR count). The molecule has 0 radical (unpaired) electrons. The number of hydroxylamine groups is 2. The largest absolute Gasteiger partial charge is 0.493 e. The molecule has 8 N–H and O–H groups in total. The summed E-state index contributed by atoms with van der Waals surface area (Å²) in [6.45, 7) is 8.17. The third-order valence-corrected chi connectivity index (χ3v) is 8.04.